The highest BCUT2D eigenvalue weighted by atomic mass is 16.5. The predicted molar refractivity (Wildman–Crippen MR) is 44.8 cm³/mol. The number of hydrogen-bond acceptors (Lipinski definition) is 2. The Morgan fingerprint density at radius 1 is 1.77 bits per heavy atom. The second kappa shape index (κ2) is 3.20. The maximum atomic E-state index is 11.0. The molecule has 0 unspecified atom stereocenters. The van der Waals surface area contributed by atoms with Crippen LogP contribution in [0.15, 0.2) is 18.5 Å². The molecule has 0 spiro atoms. The number of ether oxygens (including phenoxy) is 1. The molecule has 70 valence electrons. The average Bonchev–Trinajstić information content (AvgIpc) is 2.63. The van der Waals surface area contributed by atoms with Gasteiger partial charge in [0.05, 0.1) is 6.20 Å². The van der Waals surface area contributed by atoms with E-state index in [1.807, 2.05) is 34.7 Å². The van der Waals surface area contributed by atoms with Gasteiger partial charge in [-0.2, -0.15) is 4.68 Å². The van der Waals surface area contributed by atoms with E-state index in [2.05, 4.69) is 0 Å². The Morgan fingerprint density at radius 2 is 2.62 bits per heavy atom. The SMILES string of the molecule is CCC(=O)OC1Cn2ccc[n+]2C1. The molecule has 1 aromatic heterocycles. The topological polar surface area (TPSA) is 35.1 Å². The van der Waals surface area contributed by atoms with Gasteiger partial charge >= 0.3 is 5.97 Å². The first-order chi connectivity index (χ1) is 6.29. The third kappa shape index (κ3) is 1.56. The highest BCUT2D eigenvalue weighted by Crippen LogP contribution is 2.04. The lowest BCUT2D eigenvalue weighted by Gasteiger charge is -2.05. The van der Waals surface area contributed by atoms with Crippen LogP contribution in [0.3, 0.4) is 0 Å². The minimum Gasteiger partial charge on any atom is -0.453 e. The van der Waals surface area contributed by atoms with E-state index in [1.165, 1.54) is 0 Å². The van der Waals surface area contributed by atoms with Crippen molar-refractivity contribution >= 4 is 5.97 Å². The van der Waals surface area contributed by atoms with Crippen molar-refractivity contribution in [2.75, 3.05) is 0 Å². The van der Waals surface area contributed by atoms with E-state index in [1.54, 1.807) is 0 Å². The molecular formula is C9H13N2O2+. The zero-order valence-corrected chi connectivity index (χ0v) is 7.64. The molecule has 0 saturated carbocycles. The first kappa shape index (κ1) is 8.29. The summed E-state index contributed by atoms with van der Waals surface area (Å²) in [6, 6.07) is 1.98. The molecule has 4 heteroatoms. The van der Waals surface area contributed by atoms with E-state index >= 15 is 0 Å². The number of aromatic nitrogens is 2. The van der Waals surface area contributed by atoms with Gasteiger partial charge in [-0.05, 0) is 0 Å². The van der Waals surface area contributed by atoms with Crippen molar-refractivity contribution in [2.24, 2.45) is 0 Å². The molecule has 0 atom stereocenters. The van der Waals surface area contributed by atoms with Crippen LogP contribution in [0.5, 0.6) is 0 Å². The van der Waals surface area contributed by atoms with Crippen molar-refractivity contribution in [1.29, 1.82) is 0 Å². The molecule has 0 amide bonds. The van der Waals surface area contributed by atoms with Gasteiger partial charge in [0.25, 0.3) is 0 Å². The Balaban J connectivity index is 1.95. The Morgan fingerprint density at radius 3 is 3.31 bits per heavy atom. The molecule has 13 heavy (non-hydrogen) atoms. The van der Waals surface area contributed by atoms with Crippen LogP contribution in [-0.4, -0.2) is 16.8 Å². The van der Waals surface area contributed by atoms with Gasteiger partial charge < -0.3 is 4.74 Å². The zero-order chi connectivity index (χ0) is 9.26. The van der Waals surface area contributed by atoms with Crippen LogP contribution in [-0.2, 0) is 22.6 Å². The van der Waals surface area contributed by atoms with Crippen LogP contribution in [0.25, 0.3) is 0 Å². The van der Waals surface area contributed by atoms with Gasteiger partial charge in [-0.3, -0.25) is 4.79 Å². The first-order valence-electron chi connectivity index (χ1n) is 4.54. The molecular weight excluding hydrogens is 168 g/mol. The molecule has 1 aromatic rings. The molecule has 4 nitrogen and oxygen atoms in total. The van der Waals surface area contributed by atoms with Crippen molar-refractivity contribution in [3.8, 4) is 0 Å². The quantitative estimate of drug-likeness (QED) is 0.479. The molecule has 0 bridgehead atoms. The molecule has 0 aliphatic carbocycles. The van der Waals surface area contributed by atoms with Gasteiger partial charge in [0.15, 0.2) is 12.3 Å². The number of nitrogens with zero attached hydrogens (tertiary/aromatic N) is 2. The van der Waals surface area contributed by atoms with Crippen molar-refractivity contribution in [3.63, 3.8) is 0 Å². The fraction of sp³-hybridized carbons (Fsp3) is 0.556. The Bertz CT molecular complexity index is 299. The number of fused-ring (bicyclic) bond motifs is 1. The van der Waals surface area contributed by atoms with Crippen LogP contribution in [0.4, 0.5) is 0 Å². The molecule has 1 aliphatic heterocycles. The van der Waals surface area contributed by atoms with Gasteiger partial charge in [0.2, 0.25) is 6.54 Å². The number of esters is 1. The summed E-state index contributed by atoms with van der Waals surface area (Å²) in [7, 11) is 0. The maximum Gasteiger partial charge on any atom is 0.306 e. The fourth-order valence-corrected chi connectivity index (χ4v) is 1.56. The Labute approximate surface area is 76.7 Å². The normalized spacial score (nSPS) is 19.9. The minimum atomic E-state index is -0.114. The minimum absolute atomic E-state index is 0.0219. The molecule has 2 heterocycles. The zero-order valence-electron chi connectivity index (χ0n) is 7.64. The van der Waals surface area contributed by atoms with Gasteiger partial charge in [-0.15, -0.1) is 4.68 Å². The van der Waals surface area contributed by atoms with Crippen LogP contribution in [0, 0.1) is 0 Å². The molecule has 0 aromatic carbocycles. The van der Waals surface area contributed by atoms with Crippen molar-refractivity contribution in [1.82, 2.24) is 4.68 Å². The third-order valence-corrected chi connectivity index (χ3v) is 2.21. The fourth-order valence-electron chi connectivity index (χ4n) is 1.56. The number of carbonyl (C=O) groups excluding carboxylic acids is 1. The summed E-state index contributed by atoms with van der Waals surface area (Å²) in [4.78, 5) is 11.0. The second-order valence-corrected chi connectivity index (χ2v) is 3.20. The molecule has 2 rings (SSSR count). The highest BCUT2D eigenvalue weighted by molar-refractivity contribution is 5.69. The van der Waals surface area contributed by atoms with Crippen LogP contribution < -0.4 is 4.68 Å². The molecule has 0 N–H and O–H groups in total. The summed E-state index contributed by atoms with van der Waals surface area (Å²) < 4.78 is 9.32. The Hall–Kier alpha value is -1.32. The Kier molecular flexibility index (Phi) is 2.04. The summed E-state index contributed by atoms with van der Waals surface area (Å²) in [5.41, 5.74) is 0. The average molecular weight is 181 g/mol. The van der Waals surface area contributed by atoms with Crippen LogP contribution in [0.2, 0.25) is 0 Å². The molecule has 0 fully saturated rings. The van der Waals surface area contributed by atoms with E-state index in [0.29, 0.717) is 6.42 Å². The summed E-state index contributed by atoms with van der Waals surface area (Å²) in [6.07, 6.45) is 4.45. The summed E-state index contributed by atoms with van der Waals surface area (Å²) in [6.45, 7) is 3.36. The maximum absolute atomic E-state index is 11.0. The number of carbonyl (C=O) groups is 1. The lowest BCUT2D eigenvalue weighted by Crippen LogP contribution is -2.37. The van der Waals surface area contributed by atoms with E-state index in [-0.39, 0.29) is 12.1 Å². The number of rotatable bonds is 2. The molecule has 1 aliphatic rings. The predicted octanol–water partition coefficient (Wildman–Crippen LogP) is 0.111. The van der Waals surface area contributed by atoms with Gasteiger partial charge in [0, 0.05) is 12.5 Å². The van der Waals surface area contributed by atoms with E-state index in [9.17, 15) is 4.79 Å². The lowest BCUT2D eigenvalue weighted by molar-refractivity contribution is -0.760. The second-order valence-electron chi connectivity index (χ2n) is 3.20. The largest absolute Gasteiger partial charge is 0.453 e. The van der Waals surface area contributed by atoms with E-state index in [0.717, 1.165) is 13.1 Å². The van der Waals surface area contributed by atoms with Crippen LogP contribution in [0.1, 0.15) is 13.3 Å². The van der Waals surface area contributed by atoms with E-state index < -0.39 is 0 Å². The standard InChI is InChI=1S/C9H13N2O2/c1-2-9(12)13-8-6-10-4-3-5-11(10)7-8/h3-5,8H,2,6-7H2,1H3/q+1. The number of hydrogen-bond donors (Lipinski definition) is 0. The summed E-state index contributed by atoms with van der Waals surface area (Å²) in [5, 5.41) is 0. The summed E-state index contributed by atoms with van der Waals surface area (Å²) >= 11 is 0. The smallest absolute Gasteiger partial charge is 0.306 e. The monoisotopic (exact) mass is 181 g/mol. The van der Waals surface area contributed by atoms with Gasteiger partial charge in [0.1, 0.15) is 6.54 Å². The lowest BCUT2D eigenvalue weighted by atomic mass is 10.3. The molecule has 0 saturated heterocycles. The van der Waals surface area contributed by atoms with Crippen molar-refractivity contribution in [2.45, 2.75) is 32.5 Å². The van der Waals surface area contributed by atoms with Crippen molar-refractivity contribution < 1.29 is 14.2 Å². The highest BCUT2D eigenvalue weighted by Gasteiger charge is 2.29. The van der Waals surface area contributed by atoms with Crippen LogP contribution >= 0.6 is 0 Å². The first-order valence-corrected chi connectivity index (χ1v) is 4.54. The summed E-state index contributed by atoms with van der Waals surface area (Å²) in [5.74, 6) is -0.114. The molecule has 0 radical (unpaired) electrons. The van der Waals surface area contributed by atoms with Gasteiger partial charge in [-0.25, -0.2) is 0 Å². The van der Waals surface area contributed by atoms with Gasteiger partial charge in [-0.1, -0.05) is 6.92 Å². The van der Waals surface area contributed by atoms with E-state index in [4.69, 9.17) is 4.74 Å². The van der Waals surface area contributed by atoms with Crippen molar-refractivity contribution in [3.05, 3.63) is 18.5 Å². The third-order valence-electron chi connectivity index (χ3n) is 2.21.